The Kier molecular flexibility index (Phi) is 5.23. The van der Waals surface area contributed by atoms with Gasteiger partial charge in [-0.2, -0.15) is 0 Å². The maximum absolute atomic E-state index is 5.92. The van der Waals surface area contributed by atoms with Gasteiger partial charge in [-0.25, -0.2) is 0 Å². The lowest BCUT2D eigenvalue weighted by Gasteiger charge is -2.30. The molecule has 106 valence electrons. The third kappa shape index (κ3) is 3.71. The summed E-state index contributed by atoms with van der Waals surface area (Å²) in [5.41, 5.74) is 2.44. The monoisotopic (exact) mass is 263 g/mol. The summed E-state index contributed by atoms with van der Waals surface area (Å²) in [6.07, 6.45) is 3.58. The van der Waals surface area contributed by atoms with Gasteiger partial charge in [0.05, 0.1) is 13.2 Å². The Morgan fingerprint density at radius 3 is 2.95 bits per heavy atom. The van der Waals surface area contributed by atoms with E-state index in [1.165, 1.54) is 17.5 Å². The van der Waals surface area contributed by atoms with Crippen LogP contribution < -0.4 is 10.1 Å². The van der Waals surface area contributed by atoms with E-state index in [0.717, 1.165) is 31.7 Å². The van der Waals surface area contributed by atoms with Crippen LogP contribution in [0.1, 0.15) is 43.4 Å². The van der Waals surface area contributed by atoms with E-state index in [2.05, 4.69) is 31.3 Å². The molecule has 2 rings (SSSR count). The van der Waals surface area contributed by atoms with Gasteiger partial charge >= 0.3 is 0 Å². The molecule has 0 amide bonds. The quantitative estimate of drug-likeness (QED) is 0.884. The summed E-state index contributed by atoms with van der Waals surface area (Å²) in [5, 5.41) is 3.60. The standard InChI is InChI=1S/C16H25NO2/c1-4-8-17-14-7-9-19-16(11-14)13-5-6-15(18-3)12(2)10-13/h5-6,10,14,16-17H,4,7-9,11H2,1-3H3. The third-order valence-electron chi connectivity index (χ3n) is 3.76. The number of ether oxygens (including phenoxy) is 2. The molecule has 1 aliphatic heterocycles. The van der Waals surface area contributed by atoms with E-state index < -0.39 is 0 Å². The van der Waals surface area contributed by atoms with Crippen molar-refractivity contribution in [2.75, 3.05) is 20.3 Å². The SMILES string of the molecule is CCCNC1CCOC(c2ccc(OC)c(C)c2)C1. The summed E-state index contributed by atoms with van der Waals surface area (Å²) >= 11 is 0. The minimum atomic E-state index is 0.215. The number of benzene rings is 1. The summed E-state index contributed by atoms with van der Waals surface area (Å²) in [6.45, 7) is 6.23. The average Bonchev–Trinajstić information content (AvgIpc) is 2.45. The van der Waals surface area contributed by atoms with Crippen molar-refractivity contribution in [3.63, 3.8) is 0 Å². The van der Waals surface area contributed by atoms with E-state index in [9.17, 15) is 0 Å². The highest BCUT2D eigenvalue weighted by Crippen LogP contribution is 2.30. The molecule has 1 aliphatic rings. The van der Waals surface area contributed by atoms with Gasteiger partial charge in [0, 0.05) is 12.6 Å². The fourth-order valence-electron chi connectivity index (χ4n) is 2.66. The molecular weight excluding hydrogens is 238 g/mol. The lowest BCUT2D eigenvalue weighted by Crippen LogP contribution is -2.36. The van der Waals surface area contributed by atoms with Gasteiger partial charge in [-0.15, -0.1) is 0 Å². The van der Waals surface area contributed by atoms with Gasteiger partial charge in [0.1, 0.15) is 5.75 Å². The first-order valence-corrected chi connectivity index (χ1v) is 7.24. The van der Waals surface area contributed by atoms with E-state index in [1.54, 1.807) is 7.11 Å². The summed E-state index contributed by atoms with van der Waals surface area (Å²) in [4.78, 5) is 0. The molecule has 1 saturated heterocycles. The maximum atomic E-state index is 5.92. The first kappa shape index (κ1) is 14.4. The van der Waals surface area contributed by atoms with E-state index in [0.29, 0.717) is 6.04 Å². The number of hydrogen-bond acceptors (Lipinski definition) is 3. The topological polar surface area (TPSA) is 30.5 Å². The van der Waals surface area contributed by atoms with Crippen LogP contribution in [0.15, 0.2) is 18.2 Å². The number of hydrogen-bond donors (Lipinski definition) is 1. The highest BCUT2D eigenvalue weighted by atomic mass is 16.5. The number of rotatable bonds is 5. The van der Waals surface area contributed by atoms with E-state index in [1.807, 2.05) is 6.07 Å². The van der Waals surface area contributed by atoms with Crippen molar-refractivity contribution >= 4 is 0 Å². The fourth-order valence-corrected chi connectivity index (χ4v) is 2.66. The van der Waals surface area contributed by atoms with Crippen molar-refractivity contribution in [3.05, 3.63) is 29.3 Å². The van der Waals surface area contributed by atoms with Crippen molar-refractivity contribution in [3.8, 4) is 5.75 Å². The molecular formula is C16H25NO2. The second kappa shape index (κ2) is 6.92. The molecule has 3 heteroatoms. The van der Waals surface area contributed by atoms with Crippen LogP contribution in [0.25, 0.3) is 0 Å². The molecule has 1 aromatic carbocycles. The number of aryl methyl sites for hydroxylation is 1. The zero-order chi connectivity index (χ0) is 13.7. The van der Waals surface area contributed by atoms with Gasteiger partial charge in [0.15, 0.2) is 0 Å². The largest absolute Gasteiger partial charge is 0.496 e. The molecule has 0 radical (unpaired) electrons. The minimum absolute atomic E-state index is 0.215. The van der Waals surface area contributed by atoms with Crippen LogP contribution in [0.2, 0.25) is 0 Å². The van der Waals surface area contributed by atoms with Crippen molar-refractivity contribution in [1.82, 2.24) is 5.32 Å². The molecule has 0 aromatic heterocycles. The van der Waals surface area contributed by atoms with Crippen LogP contribution in [0.4, 0.5) is 0 Å². The molecule has 1 fully saturated rings. The Balaban J connectivity index is 2.02. The van der Waals surface area contributed by atoms with Crippen molar-refractivity contribution in [2.24, 2.45) is 0 Å². The number of methoxy groups -OCH3 is 1. The van der Waals surface area contributed by atoms with E-state index in [-0.39, 0.29) is 6.10 Å². The van der Waals surface area contributed by atoms with Gasteiger partial charge in [0.25, 0.3) is 0 Å². The van der Waals surface area contributed by atoms with Crippen LogP contribution in [-0.2, 0) is 4.74 Å². The van der Waals surface area contributed by atoms with E-state index >= 15 is 0 Å². The Morgan fingerprint density at radius 1 is 1.42 bits per heavy atom. The molecule has 1 N–H and O–H groups in total. The van der Waals surface area contributed by atoms with Gasteiger partial charge in [-0.1, -0.05) is 13.0 Å². The molecule has 1 heterocycles. The van der Waals surface area contributed by atoms with Crippen molar-refractivity contribution in [2.45, 2.75) is 45.3 Å². The third-order valence-corrected chi connectivity index (χ3v) is 3.76. The summed E-state index contributed by atoms with van der Waals surface area (Å²) in [6, 6.07) is 6.93. The van der Waals surface area contributed by atoms with Crippen molar-refractivity contribution in [1.29, 1.82) is 0 Å². The summed E-state index contributed by atoms with van der Waals surface area (Å²) in [7, 11) is 1.71. The van der Waals surface area contributed by atoms with Gasteiger partial charge in [-0.3, -0.25) is 0 Å². The summed E-state index contributed by atoms with van der Waals surface area (Å²) < 4.78 is 11.2. The Labute approximate surface area is 116 Å². The van der Waals surface area contributed by atoms with Crippen LogP contribution in [0.3, 0.4) is 0 Å². The van der Waals surface area contributed by atoms with Gasteiger partial charge in [-0.05, 0) is 56.0 Å². The molecule has 0 spiro atoms. The molecule has 0 saturated carbocycles. The van der Waals surface area contributed by atoms with Crippen LogP contribution in [0.5, 0.6) is 5.75 Å². The van der Waals surface area contributed by atoms with Crippen LogP contribution in [0, 0.1) is 6.92 Å². The molecule has 3 nitrogen and oxygen atoms in total. The van der Waals surface area contributed by atoms with Crippen LogP contribution >= 0.6 is 0 Å². The molecule has 0 bridgehead atoms. The maximum Gasteiger partial charge on any atom is 0.121 e. The lowest BCUT2D eigenvalue weighted by atomic mass is 9.96. The normalized spacial score (nSPS) is 23.3. The fraction of sp³-hybridized carbons (Fsp3) is 0.625. The van der Waals surface area contributed by atoms with Gasteiger partial charge in [0.2, 0.25) is 0 Å². The average molecular weight is 263 g/mol. The highest BCUT2D eigenvalue weighted by Gasteiger charge is 2.23. The zero-order valence-electron chi connectivity index (χ0n) is 12.2. The predicted molar refractivity (Wildman–Crippen MR) is 77.7 cm³/mol. The Bertz CT molecular complexity index is 406. The van der Waals surface area contributed by atoms with Gasteiger partial charge < -0.3 is 14.8 Å². The smallest absolute Gasteiger partial charge is 0.121 e. The Morgan fingerprint density at radius 2 is 2.26 bits per heavy atom. The second-order valence-corrected chi connectivity index (χ2v) is 5.26. The molecule has 19 heavy (non-hydrogen) atoms. The van der Waals surface area contributed by atoms with E-state index in [4.69, 9.17) is 9.47 Å². The second-order valence-electron chi connectivity index (χ2n) is 5.26. The predicted octanol–water partition coefficient (Wildman–Crippen LogP) is 3.22. The first-order valence-electron chi connectivity index (χ1n) is 7.24. The highest BCUT2D eigenvalue weighted by molar-refractivity contribution is 5.37. The first-order chi connectivity index (χ1) is 9.24. The minimum Gasteiger partial charge on any atom is -0.496 e. The molecule has 1 aromatic rings. The summed E-state index contributed by atoms with van der Waals surface area (Å²) in [5.74, 6) is 0.945. The lowest BCUT2D eigenvalue weighted by molar-refractivity contribution is 0.000306. The molecule has 0 aliphatic carbocycles. The zero-order valence-corrected chi connectivity index (χ0v) is 12.2. The van der Waals surface area contributed by atoms with Crippen molar-refractivity contribution < 1.29 is 9.47 Å². The van der Waals surface area contributed by atoms with Crippen LogP contribution in [-0.4, -0.2) is 26.3 Å². The molecule has 2 atom stereocenters. The molecule has 2 unspecified atom stereocenters. The number of nitrogens with one attached hydrogen (secondary N) is 1. The Hall–Kier alpha value is -1.06.